The highest BCUT2D eigenvalue weighted by Crippen LogP contribution is 2.49. The molecule has 0 aliphatic carbocycles. The normalized spacial score (nSPS) is 13.6. The molecule has 86 valence electrons. The van der Waals surface area contributed by atoms with E-state index >= 15 is 0 Å². The average molecular weight is 229 g/mol. The van der Waals surface area contributed by atoms with Crippen LogP contribution in [0, 0.1) is 0 Å². The Labute approximate surface area is 93.2 Å². The van der Waals surface area contributed by atoms with Gasteiger partial charge in [0.1, 0.15) is 0 Å². The first-order chi connectivity index (χ1) is 6.85. The number of benzene rings is 1. The average Bonchev–Trinajstić information content (AvgIpc) is 2.17. The molecule has 0 aliphatic heterocycles. The van der Waals surface area contributed by atoms with E-state index in [1.165, 1.54) is 9.87 Å². The smallest absolute Gasteiger partial charge is 0.0752 e. The summed E-state index contributed by atoms with van der Waals surface area (Å²) < 4.78 is 21.2. The van der Waals surface area contributed by atoms with Crippen LogP contribution < -0.4 is 0 Å². The summed E-state index contributed by atoms with van der Waals surface area (Å²) in [6.45, 7) is 4.22. The van der Waals surface area contributed by atoms with Gasteiger partial charge in [-0.3, -0.25) is 9.11 Å². The molecule has 0 amide bonds. The zero-order chi connectivity index (χ0) is 11.6. The minimum absolute atomic E-state index is 0.459. The Bertz CT molecular complexity index is 320. The van der Waals surface area contributed by atoms with Crippen molar-refractivity contribution in [3.8, 4) is 0 Å². The summed E-state index contributed by atoms with van der Waals surface area (Å²) in [6, 6.07) is 7.45. The molecular weight excluding hydrogens is 210 g/mol. The predicted octanol–water partition coefficient (Wildman–Crippen LogP) is 3.40. The molecule has 0 atom stereocenters. The molecule has 3 nitrogen and oxygen atoms in total. The Morgan fingerprint density at radius 3 is 1.87 bits per heavy atom. The van der Waals surface area contributed by atoms with Gasteiger partial charge >= 0.3 is 0 Å². The van der Waals surface area contributed by atoms with Crippen molar-refractivity contribution in [1.82, 2.24) is 4.31 Å². The van der Waals surface area contributed by atoms with E-state index in [1.807, 2.05) is 12.1 Å². The van der Waals surface area contributed by atoms with Gasteiger partial charge in [0.25, 0.3) is 0 Å². The van der Waals surface area contributed by atoms with Crippen LogP contribution in [0.1, 0.15) is 25.3 Å². The third-order valence-corrected chi connectivity index (χ3v) is 4.30. The fourth-order valence-corrected chi connectivity index (χ4v) is 2.17. The second-order valence-corrected chi connectivity index (χ2v) is 6.29. The maximum Gasteiger partial charge on any atom is 0.0752 e. The van der Waals surface area contributed by atoms with Gasteiger partial charge in [0.15, 0.2) is 0 Å². The zero-order valence-electron chi connectivity index (χ0n) is 9.64. The minimum atomic E-state index is -2.79. The molecule has 0 heterocycles. The van der Waals surface area contributed by atoms with E-state index in [2.05, 4.69) is 13.8 Å². The Morgan fingerprint density at radius 2 is 1.53 bits per heavy atom. The molecule has 0 unspecified atom stereocenters. The lowest BCUT2D eigenvalue weighted by molar-refractivity contribution is 0.414. The van der Waals surface area contributed by atoms with Gasteiger partial charge in [0.05, 0.1) is 4.90 Å². The Balaban J connectivity index is 2.98. The van der Waals surface area contributed by atoms with Gasteiger partial charge in [-0.15, -0.1) is 10.8 Å². The molecule has 0 fully saturated rings. The number of hydrogen-bond donors (Lipinski definition) is 2. The van der Waals surface area contributed by atoms with Gasteiger partial charge in [-0.05, 0) is 23.6 Å². The minimum Gasteiger partial charge on any atom is -0.281 e. The summed E-state index contributed by atoms with van der Waals surface area (Å²) in [5.74, 6) is 0.459. The molecule has 1 aromatic carbocycles. The van der Waals surface area contributed by atoms with Crippen LogP contribution in [0.3, 0.4) is 0 Å². The summed E-state index contributed by atoms with van der Waals surface area (Å²) in [5, 5.41) is 0. The molecule has 0 bridgehead atoms. The van der Waals surface area contributed by atoms with Gasteiger partial charge < -0.3 is 0 Å². The molecule has 1 aromatic rings. The predicted molar refractivity (Wildman–Crippen MR) is 65.3 cm³/mol. The van der Waals surface area contributed by atoms with Gasteiger partial charge in [-0.2, -0.15) is 0 Å². The fourth-order valence-electron chi connectivity index (χ4n) is 1.25. The van der Waals surface area contributed by atoms with Crippen LogP contribution in [-0.4, -0.2) is 27.5 Å². The Kier molecular flexibility index (Phi) is 3.78. The molecule has 0 aliphatic rings. The second kappa shape index (κ2) is 4.53. The maximum atomic E-state index is 9.86. The quantitative estimate of drug-likeness (QED) is 0.835. The summed E-state index contributed by atoms with van der Waals surface area (Å²) in [6.07, 6.45) is 0. The monoisotopic (exact) mass is 229 g/mol. The van der Waals surface area contributed by atoms with Crippen LogP contribution in [0.25, 0.3) is 0 Å². The largest absolute Gasteiger partial charge is 0.281 e. The summed E-state index contributed by atoms with van der Waals surface area (Å²) in [5.41, 5.74) is 1.20. The van der Waals surface area contributed by atoms with Gasteiger partial charge in [0, 0.05) is 14.1 Å². The molecule has 4 heteroatoms. The molecule has 0 radical (unpaired) electrons. The van der Waals surface area contributed by atoms with Crippen molar-refractivity contribution in [3.63, 3.8) is 0 Å². The number of rotatable bonds is 3. The van der Waals surface area contributed by atoms with Crippen LogP contribution in [0.5, 0.6) is 0 Å². The lowest BCUT2D eigenvalue weighted by Gasteiger charge is -2.38. The summed E-state index contributed by atoms with van der Waals surface area (Å²) in [7, 11) is 0.531. The highest BCUT2D eigenvalue weighted by Gasteiger charge is 2.17. The Morgan fingerprint density at radius 1 is 1.07 bits per heavy atom. The van der Waals surface area contributed by atoms with E-state index < -0.39 is 10.8 Å². The van der Waals surface area contributed by atoms with Crippen molar-refractivity contribution in [1.29, 1.82) is 0 Å². The van der Waals surface area contributed by atoms with Crippen molar-refractivity contribution in [2.24, 2.45) is 0 Å². The van der Waals surface area contributed by atoms with Gasteiger partial charge in [-0.25, -0.2) is 4.31 Å². The molecule has 0 aromatic heterocycles. The topological polar surface area (TPSA) is 43.7 Å². The molecule has 0 spiro atoms. The second-order valence-electron chi connectivity index (χ2n) is 4.05. The van der Waals surface area contributed by atoms with Crippen molar-refractivity contribution in [3.05, 3.63) is 29.8 Å². The van der Waals surface area contributed by atoms with E-state index in [9.17, 15) is 9.11 Å². The lowest BCUT2D eigenvalue weighted by atomic mass is 10.0. The van der Waals surface area contributed by atoms with E-state index in [-0.39, 0.29) is 0 Å². The van der Waals surface area contributed by atoms with Crippen molar-refractivity contribution in [2.45, 2.75) is 24.7 Å². The fraction of sp³-hybridized carbons (Fsp3) is 0.455. The van der Waals surface area contributed by atoms with Crippen LogP contribution >= 0.6 is 10.8 Å². The maximum absolute atomic E-state index is 9.86. The van der Waals surface area contributed by atoms with E-state index in [4.69, 9.17) is 0 Å². The van der Waals surface area contributed by atoms with Crippen molar-refractivity contribution < 1.29 is 9.11 Å². The van der Waals surface area contributed by atoms with E-state index in [1.54, 1.807) is 26.2 Å². The molecule has 0 saturated heterocycles. The highest BCUT2D eigenvalue weighted by atomic mass is 32.3. The third-order valence-electron chi connectivity index (χ3n) is 2.37. The van der Waals surface area contributed by atoms with E-state index in [0.717, 1.165) is 0 Å². The molecule has 2 N–H and O–H groups in total. The zero-order valence-corrected chi connectivity index (χ0v) is 10.5. The first kappa shape index (κ1) is 12.5. The van der Waals surface area contributed by atoms with Gasteiger partial charge in [0.2, 0.25) is 0 Å². The molecular formula is C11H19NO2S. The molecule has 0 saturated carbocycles. The van der Waals surface area contributed by atoms with Crippen LogP contribution in [0.2, 0.25) is 0 Å². The highest BCUT2D eigenvalue weighted by molar-refractivity contribution is 8.22. The summed E-state index contributed by atoms with van der Waals surface area (Å²) >= 11 is 0. The third kappa shape index (κ3) is 2.72. The van der Waals surface area contributed by atoms with Crippen LogP contribution in [0.4, 0.5) is 0 Å². The van der Waals surface area contributed by atoms with Crippen molar-refractivity contribution in [2.75, 3.05) is 14.1 Å². The number of nitrogens with zero attached hydrogens (tertiary/aromatic N) is 1. The molecule has 1 rings (SSSR count). The van der Waals surface area contributed by atoms with Crippen LogP contribution in [-0.2, 0) is 0 Å². The Hall–Kier alpha value is -0.550. The standard InChI is InChI=1S/C11H19NO2S/c1-9(2)10-5-7-11(8-6-10)15(13,14)12(3)4/h5-9,13-14H,1-4H3. The van der Waals surface area contributed by atoms with Gasteiger partial charge in [-0.1, -0.05) is 26.0 Å². The first-order valence-electron chi connectivity index (χ1n) is 4.91. The first-order valence-corrected chi connectivity index (χ1v) is 6.41. The number of hydrogen-bond acceptors (Lipinski definition) is 3. The molecule has 15 heavy (non-hydrogen) atoms. The van der Waals surface area contributed by atoms with Crippen LogP contribution in [0.15, 0.2) is 29.2 Å². The lowest BCUT2D eigenvalue weighted by Crippen LogP contribution is -2.18. The SMILES string of the molecule is CC(C)c1ccc(S(O)(O)N(C)C)cc1. The van der Waals surface area contributed by atoms with E-state index in [0.29, 0.717) is 10.8 Å². The summed E-state index contributed by atoms with van der Waals surface area (Å²) in [4.78, 5) is 0.567. The van der Waals surface area contributed by atoms with Crippen molar-refractivity contribution >= 4 is 10.8 Å².